The molecule has 1 aliphatic carbocycles. The molecule has 1 aliphatic heterocycles. The van der Waals surface area contributed by atoms with Crippen LogP contribution < -0.4 is 16.6 Å². The second-order valence-electron chi connectivity index (χ2n) is 10.2. The van der Waals surface area contributed by atoms with E-state index in [0.717, 1.165) is 4.57 Å². The highest BCUT2D eigenvalue weighted by molar-refractivity contribution is 5.96. The van der Waals surface area contributed by atoms with E-state index in [1.165, 1.54) is 4.57 Å². The average molecular weight is 541 g/mol. The van der Waals surface area contributed by atoms with E-state index in [1.807, 2.05) is 6.07 Å². The van der Waals surface area contributed by atoms with Crippen LogP contribution in [0.2, 0.25) is 0 Å². The molecule has 0 radical (unpaired) electrons. The zero-order chi connectivity index (χ0) is 27.6. The van der Waals surface area contributed by atoms with Crippen molar-refractivity contribution in [2.24, 2.45) is 5.92 Å². The minimum atomic E-state index is -2.64. The third-order valence-electron chi connectivity index (χ3n) is 7.40. The Morgan fingerprint density at radius 2 is 1.90 bits per heavy atom. The first-order valence-electron chi connectivity index (χ1n) is 13.2. The fraction of sp³-hybridized carbons (Fsp3) is 0.481. The number of fused-ring (bicyclic) bond motifs is 1. The fourth-order valence-electron chi connectivity index (χ4n) is 5.26. The first-order valence-corrected chi connectivity index (χ1v) is 13.2. The average Bonchev–Trinajstić information content (AvgIpc) is 3.39. The molecule has 1 saturated carbocycles. The van der Waals surface area contributed by atoms with Crippen LogP contribution in [-0.4, -0.2) is 36.1 Å². The molecule has 1 fully saturated rings. The van der Waals surface area contributed by atoms with Crippen LogP contribution in [0, 0.1) is 5.92 Å². The maximum atomic E-state index is 13.6. The summed E-state index contributed by atoms with van der Waals surface area (Å²) in [5, 5.41) is 6.59. The highest BCUT2D eigenvalue weighted by Crippen LogP contribution is 2.37. The number of pyridine rings is 1. The highest BCUT2D eigenvalue weighted by Gasteiger charge is 2.35. The Morgan fingerprint density at radius 3 is 2.64 bits per heavy atom. The Morgan fingerprint density at radius 1 is 1.10 bits per heavy atom. The standard InChI is InChI=1S/C27H30F2N6O4/c1-17-16-19-22(23(36)31-17)34(15-10-18-8-11-27(28,29)12-9-18)26(38)35(25(19)37)14-5-3-7-21-32-24(39-33-21)20-6-2-4-13-30-20/h2,4,6,13,18H,1,3,5,7-12,14-16H2,(H,31,36). The maximum Gasteiger partial charge on any atom is 0.331 e. The number of amides is 1. The smallest absolute Gasteiger partial charge is 0.331 e. The van der Waals surface area contributed by atoms with Crippen molar-refractivity contribution in [1.82, 2.24) is 29.6 Å². The molecule has 0 saturated heterocycles. The zero-order valence-corrected chi connectivity index (χ0v) is 21.5. The van der Waals surface area contributed by atoms with Gasteiger partial charge in [-0.25, -0.2) is 13.6 Å². The lowest BCUT2D eigenvalue weighted by Crippen LogP contribution is -2.48. The van der Waals surface area contributed by atoms with Crippen molar-refractivity contribution in [3.8, 4) is 11.6 Å². The zero-order valence-electron chi connectivity index (χ0n) is 21.5. The number of halogens is 2. The van der Waals surface area contributed by atoms with Gasteiger partial charge < -0.3 is 9.84 Å². The molecule has 10 nitrogen and oxygen atoms in total. The minimum absolute atomic E-state index is 0.0279. The number of carbonyl (C=O) groups excluding carboxylic acids is 1. The molecule has 3 aromatic rings. The van der Waals surface area contributed by atoms with Crippen molar-refractivity contribution in [2.45, 2.75) is 76.8 Å². The van der Waals surface area contributed by atoms with Gasteiger partial charge in [-0.05, 0) is 50.2 Å². The number of nitrogens with zero attached hydrogens (tertiary/aromatic N) is 5. The van der Waals surface area contributed by atoms with Gasteiger partial charge in [0.1, 0.15) is 11.4 Å². The summed E-state index contributed by atoms with van der Waals surface area (Å²) in [6.07, 6.45) is 4.20. The van der Waals surface area contributed by atoms with Gasteiger partial charge in [0.25, 0.3) is 17.4 Å². The molecular formula is C27H30F2N6O4. The van der Waals surface area contributed by atoms with Gasteiger partial charge in [-0.3, -0.25) is 23.7 Å². The van der Waals surface area contributed by atoms with Crippen LogP contribution in [-0.2, 0) is 25.9 Å². The van der Waals surface area contributed by atoms with Gasteiger partial charge in [-0.15, -0.1) is 0 Å². The Kier molecular flexibility index (Phi) is 7.53. The van der Waals surface area contributed by atoms with E-state index in [9.17, 15) is 23.2 Å². The molecule has 0 spiro atoms. The second-order valence-corrected chi connectivity index (χ2v) is 10.2. The fourth-order valence-corrected chi connectivity index (χ4v) is 5.26. The molecule has 3 aromatic heterocycles. The molecule has 2 aliphatic rings. The molecule has 4 heterocycles. The van der Waals surface area contributed by atoms with Gasteiger partial charge in [0.05, 0.1) is 5.56 Å². The Labute approximate surface area is 222 Å². The summed E-state index contributed by atoms with van der Waals surface area (Å²) >= 11 is 0. The van der Waals surface area contributed by atoms with Gasteiger partial charge in [0.15, 0.2) is 5.82 Å². The topological polar surface area (TPSA) is 125 Å². The van der Waals surface area contributed by atoms with Gasteiger partial charge in [-0.1, -0.05) is 17.8 Å². The summed E-state index contributed by atoms with van der Waals surface area (Å²) in [4.78, 5) is 48.0. The van der Waals surface area contributed by atoms with Crippen LogP contribution in [0.5, 0.6) is 0 Å². The van der Waals surface area contributed by atoms with Crippen LogP contribution in [0.15, 0.2) is 50.8 Å². The van der Waals surface area contributed by atoms with E-state index in [0.29, 0.717) is 61.6 Å². The highest BCUT2D eigenvalue weighted by atomic mass is 19.3. The van der Waals surface area contributed by atoms with Crippen LogP contribution in [0.25, 0.3) is 11.6 Å². The SMILES string of the molecule is C=C1Cc2c(n(CCC3CCC(F)(F)CC3)c(=O)n(CCCCc3noc(-c4ccccn4)n3)c2=O)C(=O)N1. The quantitative estimate of drug-likeness (QED) is 0.412. The van der Waals surface area contributed by atoms with Crippen LogP contribution in [0.4, 0.5) is 8.78 Å². The van der Waals surface area contributed by atoms with Crippen molar-refractivity contribution >= 4 is 5.91 Å². The van der Waals surface area contributed by atoms with Crippen molar-refractivity contribution in [3.63, 3.8) is 0 Å². The Hall–Kier alpha value is -3.96. The summed E-state index contributed by atoms with van der Waals surface area (Å²) in [6.45, 7) is 4.12. The summed E-state index contributed by atoms with van der Waals surface area (Å²) < 4.78 is 34.9. The number of allylic oxidation sites excluding steroid dienone is 1. The van der Waals surface area contributed by atoms with Crippen molar-refractivity contribution in [1.29, 1.82) is 0 Å². The van der Waals surface area contributed by atoms with E-state index in [4.69, 9.17) is 4.52 Å². The van der Waals surface area contributed by atoms with Crippen molar-refractivity contribution in [3.05, 3.63) is 74.6 Å². The molecule has 1 amide bonds. The predicted molar refractivity (Wildman–Crippen MR) is 137 cm³/mol. The molecule has 0 bridgehead atoms. The van der Waals surface area contributed by atoms with E-state index < -0.39 is 23.1 Å². The molecule has 0 atom stereocenters. The number of aryl methyl sites for hydroxylation is 1. The van der Waals surface area contributed by atoms with Crippen LogP contribution in [0.1, 0.15) is 66.8 Å². The van der Waals surface area contributed by atoms with Crippen LogP contribution >= 0.6 is 0 Å². The predicted octanol–water partition coefficient (Wildman–Crippen LogP) is 3.49. The Balaban J connectivity index is 1.30. The Bertz CT molecular complexity index is 1480. The normalized spacial score (nSPS) is 17.2. The molecular weight excluding hydrogens is 510 g/mol. The molecule has 39 heavy (non-hydrogen) atoms. The number of unbranched alkanes of at least 4 members (excludes halogenated alkanes) is 1. The maximum absolute atomic E-state index is 13.6. The number of alkyl halides is 2. The molecule has 12 heteroatoms. The summed E-state index contributed by atoms with van der Waals surface area (Å²) in [6, 6.07) is 5.38. The lowest BCUT2D eigenvalue weighted by molar-refractivity contribution is -0.0468. The van der Waals surface area contributed by atoms with Crippen molar-refractivity contribution < 1.29 is 18.1 Å². The second kappa shape index (κ2) is 11.0. The number of hydrogen-bond donors (Lipinski definition) is 1. The van der Waals surface area contributed by atoms with Crippen LogP contribution in [0.3, 0.4) is 0 Å². The monoisotopic (exact) mass is 540 g/mol. The van der Waals surface area contributed by atoms with E-state index in [2.05, 4.69) is 27.0 Å². The third kappa shape index (κ3) is 5.89. The third-order valence-corrected chi connectivity index (χ3v) is 7.40. The molecule has 206 valence electrons. The first-order chi connectivity index (χ1) is 18.7. The van der Waals surface area contributed by atoms with Crippen molar-refractivity contribution in [2.75, 3.05) is 0 Å². The van der Waals surface area contributed by atoms with Gasteiger partial charge in [0.2, 0.25) is 5.92 Å². The number of aromatic nitrogens is 5. The summed E-state index contributed by atoms with van der Waals surface area (Å²) in [7, 11) is 0. The lowest BCUT2D eigenvalue weighted by Gasteiger charge is -2.29. The molecule has 0 unspecified atom stereocenters. The summed E-state index contributed by atoms with van der Waals surface area (Å²) in [5.41, 5.74) is 0.165. The van der Waals surface area contributed by atoms with Gasteiger partial charge in [-0.2, -0.15) is 4.98 Å². The largest absolute Gasteiger partial charge is 0.332 e. The van der Waals surface area contributed by atoms with E-state index in [1.54, 1.807) is 18.3 Å². The van der Waals surface area contributed by atoms with Gasteiger partial charge in [0, 0.05) is 50.7 Å². The first kappa shape index (κ1) is 26.6. The molecule has 1 N–H and O–H groups in total. The molecule has 0 aromatic carbocycles. The lowest BCUT2D eigenvalue weighted by atomic mass is 9.85. The number of hydrogen-bond acceptors (Lipinski definition) is 7. The minimum Gasteiger partial charge on any atom is -0.332 e. The number of nitrogens with one attached hydrogen (secondary N) is 1. The van der Waals surface area contributed by atoms with Gasteiger partial charge >= 0.3 is 5.69 Å². The molecule has 5 rings (SSSR count). The van der Waals surface area contributed by atoms with E-state index >= 15 is 0 Å². The number of carbonyl (C=O) groups is 1. The number of rotatable bonds is 9. The van der Waals surface area contributed by atoms with E-state index in [-0.39, 0.29) is 49.5 Å². The summed E-state index contributed by atoms with van der Waals surface area (Å²) in [5.74, 6) is -2.34.